The topological polar surface area (TPSA) is 0 Å². The quantitative estimate of drug-likeness (QED) is 0.361. The monoisotopic (exact) mass is 348 g/mol. The summed E-state index contributed by atoms with van der Waals surface area (Å²) in [6, 6.07) is 39.6. The van der Waals surface area contributed by atoms with Crippen LogP contribution in [0.3, 0.4) is 0 Å². The molecule has 0 saturated heterocycles. The third-order valence-corrected chi connectivity index (χ3v) is 5.35. The Balaban J connectivity index is 2.13. The van der Waals surface area contributed by atoms with Crippen molar-refractivity contribution in [1.82, 2.24) is 0 Å². The van der Waals surface area contributed by atoms with Gasteiger partial charge in [-0.05, 0) is 36.1 Å². The van der Waals surface area contributed by atoms with Crippen LogP contribution >= 0.6 is 0 Å². The Morgan fingerprint density at radius 2 is 0.889 bits per heavy atom. The molecule has 0 aliphatic rings. The molecule has 0 N–H and O–H groups in total. The molecule has 4 aromatic carbocycles. The summed E-state index contributed by atoms with van der Waals surface area (Å²) < 4.78 is 0. The number of aryl methyl sites for hydroxylation is 2. The van der Waals surface area contributed by atoms with E-state index in [-0.39, 0.29) is 5.41 Å². The number of hydrogen-bond acceptors (Lipinski definition) is 0. The summed E-state index contributed by atoms with van der Waals surface area (Å²) in [6.45, 7) is 4.31. The molecule has 0 radical (unpaired) electrons. The average molecular weight is 348 g/mol. The lowest BCUT2D eigenvalue weighted by Crippen LogP contribution is -2.31. The summed E-state index contributed by atoms with van der Waals surface area (Å²) in [6.07, 6.45) is 0. The highest BCUT2D eigenvalue weighted by molar-refractivity contribution is 5.60. The summed E-state index contributed by atoms with van der Waals surface area (Å²) in [4.78, 5) is 0. The van der Waals surface area contributed by atoms with E-state index in [2.05, 4.69) is 123 Å². The number of rotatable bonds is 4. The van der Waals surface area contributed by atoms with Crippen LogP contribution in [0, 0.1) is 13.8 Å². The molecule has 0 aliphatic carbocycles. The van der Waals surface area contributed by atoms with Crippen molar-refractivity contribution < 1.29 is 0 Å². The molecule has 0 heterocycles. The molecule has 0 aliphatic heterocycles. The van der Waals surface area contributed by atoms with Crippen molar-refractivity contribution >= 4 is 0 Å². The smallest absolute Gasteiger partial charge is 0.0622 e. The predicted octanol–water partition coefficient (Wildman–Crippen LogP) is 6.69. The zero-order valence-electron chi connectivity index (χ0n) is 15.9. The van der Waals surface area contributed by atoms with Crippen molar-refractivity contribution in [2.75, 3.05) is 0 Å². The Morgan fingerprint density at radius 3 is 1.41 bits per heavy atom. The first-order valence-electron chi connectivity index (χ1n) is 9.46. The van der Waals surface area contributed by atoms with Crippen molar-refractivity contribution in [2.45, 2.75) is 19.3 Å². The van der Waals surface area contributed by atoms with E-state index >= 15 is 0 Å². The fraction of sp³-hybridized carbons (Fsp3) is 0.111. The second-order valence-electron chi connectivity index (χ2n) is 7.22. The molecule has 0 saturated carbocycles. The average Bonchev–Trinajstić information content (AvgIpc) is 2.72. The van der Waals surface area contributed by atoms with Gasteiger partial charge in [0.05, 0.1) is 5.41 Å². The molecule has 0 fully saturated rings. The van der Waals surface area contributed by atoms with Gasteiger partial charge in [-0.25, -0.2) is 0 Å². The van der Waals surface area contributed by atoms with E-state index < -0.39 is 0 Å². The summed E-state index contributed by atoms with van der Waals surface area (Å²) in [5.74, 6) is 0. The summed E-state index contributed by atoms with van der Waals surface area (Å²) >= 11 is 0. The molecule has 0 aromatic heterocycles. The van der Waals surface area contributed by atoms with Gasteiger partial charge >= 0.3 is 0 Å². The molecular formula is C27H24. The maximum atomic E-state index is 2.32. The normalized spacial score (nSPS) is 11.3. The van der Waals surface area contributed by atoms with E-state index in [9.17, 15) is 0 Å². The Hall–Kier alpha value is -3.12. The summed E-state index contributed by atoms with van der Waals surface area (Å²) in [5.41, 5.74) is 7.35. The highest BCUT2D eigenvalue weighted by atomic mass is 14.4. The minimum atomic E-state index is -0.345. The third-order valence-electron chi connectivity index (χ3n) is 5.35. The van der Waals surface area contributed by atoms with Gasteiger partial charge in [-0.2, -0.15) is 0 Å². The lowest BCUT2D eigenvalue weighted by Gasteiger charge is -2.37. The summed E-state index contributed by atoms with van der Waals surface area (Å²) in [7, 11) is 0. The van der Waals surface area contributed by atoms with Gasteiger partial charge in [0.1, 0.15) is 0 Å². The highest BCUT2D eigenvalue weighted by Crippen LogP contribution is 2.45. The zero-order chi connectivity index (χ0) is 18.7. The predicted molar refractivity (Wildman–Crippen MR) is 114 cm³/mol. The lowest BCUT2D eigenvalue weighted by atomic mass is 9.65. The van der Waals surface area contributed by atoms with E-state index in [1.54, 1.807) is 0 Å². The molecular weight excluding hydrogens is 324 g/mol. The molecule has 0 spiro atoms. The summed E-state index contributed by atoms with van der Waals surface area (Å²) in [5, 5.41) is 0. The van der Waals surface area contributed by atoms with Crippen molar-refractivity contribution in [3.05, 3.63) is 143 Å². The zero-order valence-corrected chi connectivity index (χ0v) is 15.9. The molecule has 27 heavy (non-hydrogen) atoms. The molecule has 0 atom stereocenters. The maximum absolute atomic E-state index is 2.32. The van der Waals surface area contributed by atoms with Crippen LogP contribution in [0.15, 0.2) is 109 Å². The van der Waals surface area contributed by atoms with Gasteiger partial charge in [-0.1, -0.05) is 120 Å². The van der Waals surface area contributed by atoms with Crippen LogP contribution in [-0.2, 0) is 5.41 Å². The van der Waals surface area contributed by atoms with Crippen molar-refractivity contribution in [3.8, 4) is 0 Å². The van der Waals surface area contributed by atoms with Crippen LogP contribution in [0.5, 0.6) is 0 Å². The third kappa shape index (κ3) is 3.08. The Morgan fingerprint density at radius 1 is 0.407 bits per heavy atom. The largest absolute Gasteiger partial charge is 0.0701 e. The van der Waals surface area contributed by atoms with Gasteiger partial charge < -0.3 is 0 Å². The second-order valence-corrected chi connectivity index (χ2v) is 7.22. The van der Waals surface area contributed by atoms with Crippen molar-refractivity contribution in [2.24, 2.45) is 0 Å². The van der Waals surface area contributed by atoms with Crippen LogP contribution in [0.4, 0.5) is 0 Å². The van der Waals surface area contributed by atoms with Crippen molar-refractivity contribution in [3.63, 3.8) is 0 Å². The van der Waals surface area contributed by atoms with E-state index in [0.29, 0.717) is 0 Å². The Bertz CT molecular complexity index is 973. The molecule has 0 unspecified atom stereocenters. The van der Waals surface area contributed by atoms with Crippen LogP contribution in [0.1, 0.15) is 33.4 Å². The fourth-order valence-corrected chi connectivity index (χ4v) is 4.06. The van der Waals surface area contributed by atoms with Gasteiger partial charge in [0.25, 0.3) is 0 Å². The molecule has 0 heteroatoms. The van der Waals surface area contributed by atoms with E-state index in [1.165, 1.54) is 33.4 Å². The van der Waals surface area contributed by atoms with Crippen LogP contribution in [0.25, 0.3) is 0 Å². The fourth-order valence-electron chi connectivity index (χ4n) is 4.06. The molecule has 132 valence electrons. The first-order chi connectivity index (χ1) is 13.2. The second kappa shape index (κ2) is 7.25. The van der Waals surface area contributed by atoms with Crippen LogP contribution in [-0.4, -0.2) is 0 Å². The first kappa shape index (κ1) is 17.3. The molecule has 4 rings (SSSR count). The molecule has 4 aromatic rings. The van der Waals surface area contributed by atoms with E-state index in [0.717, 1.165) is 0 Å². The standard InChI is InChI=1S/C27H24/c1-21-16-18-25(19-17-21)27(23-11-5-3-6-12-23,24-13-7-4-8-14-24)26-15-9-10-22(2)20-26/h3-20H,1-2H3. The van der Waals surface area contributed by atoms with Crippen molar-refractivity contribution in [1.29, 1.82) is 0 Å². The van der Waals surface area contributed by atoms with Crippen LogP contribution < -0.4 is 0 Å². The minimum absolute atomic E-state index is 0.345. The minimum Gasteiger partial charge on any atom is -0.0622 e. The maximum Gasteiger partial charge on any atom is 0.0701 e. The molecule has 0 nitrogen and oxygen atoms in total. The molecule has 0 amide bonds. The van der Waals surface area contributed by atoms with Gasteiger partial charge in [0, 0.05) is 0 Å². The Kier molecular flexibility index (Phi) is 4.64. The van der Waals surface area contributed by atoms with Gasteiger partial charge in [-0.15, -0.1) is 0 Å². The number of benzene rings is 4. The molecule has 0 bridgehead atoms. The van der Waals surface area contributed by atoms with Gasteiger partial charge in [0.15, 0.2) is 0 Å². The lowest BCUT2D eigenvalue weighted by molar-refractivity contribution is 0.744. The number of hydrogen-bond donors (Lipinski definition) is 0. The van der Waals surface area contributed by atoms with Gasteiger partial charge in [0.2, 0.25) is 0 Å². The van der Waals surface area contributed by atoms with E-state index in [1.807, 2.05) is 0 Å². The van der Waals surface area contributed by atoms with E-state index in [4.69, 9.17) is 0 Å². The van der Waals surface area contributed by atoms with Gasteiger partial charge in [-0.3, -0.25) is 0 Å². The first-order valence-corrected chi connectivity index (χ1v) is 9.46. The highest BCUT2D eigenvalue weighted by Gasteiger charge is 2.38. The Labute approximate surface area is 162 Å². The van der Waals surface area contributed by atoms with Crippen LogP contribution in [0.2, 0.25) is 0 Å². The SMILES string of the molecule is Cc1ccc(C(c2ccccc2)(c2ccccc2)c2cccc(C)c2)cc1.